The number of thiophene rings is 1. The molecule has 1 atom stereocenters. The van der Waals surface area contributed by atoms with Crippen LogP contribution in [0.5, 0.6) is 0 Å². The Morgan fingerprint density at radius 2 is 1.83 bits per heavy atom. The van der Waals surface area contributed by atoms with Crippen LogP contribution in [0.4, 0.5) is 0 Å². The molecule has 1 aromatic rings. The Bertz CT molecular complexity index is 311. The predicted octanol–water partition coefficient (Wildman–Crippen LogP) is 5.80. The molecule has 104 valence electrons. The zero-order valence-electron chi connectivity index (χ0n) is 11.7. The van der Waals surface area contributed by atoms with Gasteiger partial charge < -0.3 is 5.32 Å². The summed E-state index contributed by atoms with van der Waals surface area (Å²) in [6.45, 7) is 2.27. The lowest BCUT2D eigenvalue weighted by atomic mass is 10.0. The van der Waals surface area contributed by atoms with Crippen molar-refractivity contribution < 1.29 is 0 Å². The topological polar surface area (TPSA) is 12.0 Å². The third kappa shape index (κ3) is 5.73. The minimum Gasteiger partial charge on any atom is -0.312 e. The van der Waals surface area contributed by atoms with Crippen LogP contribution < -0.4 is 5.32 Å². The summed E-state index contributed by atoms with van der Waals surface area (Å²) in [7, 11) is 2.03. The van der Waals surface area contributed by atoms with Gasteiger partial charge in [-0.1, -0.05) is 63.5 Å². The van der Waals surface area contributed by atoms with E-state index in [4.69, 9.17) is 11.6 Å². The quantitative estimate of drug-likeness (QED) is 0.536. The minimum atomic E-state index is 0.438. The first-order valence-corrected chi connectivity index (χ1v) is 8.45. The third-order valence-electron chi connectivity index (χ3n) is 3.41. The summed E-state index contributed by atoms with van der Waals surface area (Å²) >= 11 is 7.94. The van der Waals surface area contributed by atoms with E-state index in [-0.39, 0.29) is 0 Å². The largest absolute Gasteiger partial charge is 0.312 e. The molecule has 1 nitrogen and oxygen atoms in total. The van der Waals surface area contributed by atoms with Gasteiger partial charge >= 0.3 is 0 Å². The van der Waals surface area contributed by atoms with E-state index < -0.39 is 0 Å². The second-order valence-corrected chi connectivity index (χ2v) is 6.24. The van der Waals surface area contributed by atoms with E-state index in [9.17, 15) is 0 Å². The summed E-state index contributed by atoms with van der Waals surface area (Å²) in [6, 6.07) is 2.43. The smallest absolute Gasteiger partial charge is 0.0561 e. The second-order valence-electron chi connectivity index (χ2n) is 4.88. The van der Waals surface area contributed by atoms with Gasteiger partial charge in [-0.3, -0.25) is 0 Å². The van der Waals surface area contributed by atoms with Gasteiger partial charge in [0, 0.05) is 10.9 Å². The average Bonchev–Trinajstić information content (AvgIpc) is 2.79. The summed E-state index contributed by atoms with van der Waals surface area (Å²) < 4.78 is 0. The van der Waals surface area contributed by atoms with Crippen molar-refractivity contribution in [1.29, 1.82) is 0 Å². The molecule has 0 saturated heterocycles. The zero-order valence-corrected chi connectivity index (χ0v) is 13.2. The van der Waals surface area contributed by atoms with Crippen LogP contribution in [0.3, 0.4) is 0 Å². The molecule has 3 heteroatoms. The Kier molecular flexibility index (Phi) is 8.74. The number of nitrogens with one attached hydrogen (secondary N) is 1. The van der Waals surface area contributed by atoms with Crippen LogP contribution in [-0.2, 0) is 0 Å². The molecule has 0 radical (unpaired) electrons. The highest BCUT2D eigenvalue weighted by Gasteiger charge is 2.13. The van der Waals surface area contributed by atoms with Crippen molar-refractivity contribution in [3.8, 4) is 0 Å². The Morgan fingerprint density at radius 1 is 1.17 bits per heavy atom. The highest BCUT2D eigenvalue weighted by Crippen LogP contribution is 2.31. The van der Waals surface area contributed by atoms with Crippen molar-refractivity contribution in [2.24, 2.45) is 0 Å². The number of unbranched alkanes of at least 4 members (excludes halogenated alkanes) is 6. The third-order valence-corrected chi connectivity index (χ3v) is 4.88. The Balaban J connectivity index is 2.15. The fourth-order valence-corrected chi connectivity index (χ4v) is 3.60. The van der Waals surface area contributed by atoms with Gasteiger partial charge in [0.25, 0.3) is 0 Å². The Labute approximate surface area is 121 Å². The molecule has 0 aliphatic heterocycles. The lowest BCUT2D eigenvalue weighted by molar-refractivity contribution is 0.501. The Morgan fingerprint density at radius 3 is 2.39 bits per heavy atom. The van der Waals surface area contributed by atoms with Crippen LogP contribution in [0, 0.1) is 0 Å². The van der Waals surface area contributed by atoms with Crippen molar-refractivity contribution >= 4 is 22.9 Å². The van der Waals surface area contributed by atoms with Gasteiger partial charge in [0.1, 0.15) is 0 Å². The van der Waals surface area contributed by atoms with Crippen molar-refractivity contribution in [3.63, 3.8) is 0 Å². The van der Waals surface area contributed by atoms with Crippen molar-refractivity contribution in [2.75, 3.05) is 7.05 Å². The highest BCUT2D eigenvalue weighted by molar-refractivity contribution is 7.10. The predicted molar refractivity (Wildman–Crippen MR) is 83.7 cm³/mol. The maximum Gasteiger partial charge on any atom is 0.0561 e. The minimum absolute atomic E-state index is 0.438. The molecule has 18 heavy (non-hydrogen) atoms. The summed E-state index contributed by atoms with van der Waals surface area (Å²) in [5, 5.41) is 6.38. The molecule has 0 aliphatic carbocycles. The second kappa shape index (κ2) is 9.82. The molecule has 1 aromatic heterocycles. The lowest BCUT2D eigenvalue weighted by Crippen LogP contribution is -2.15. The first kappa shape index (κ1) is 16.0. The summed E-state index contributed by atoms with van der Waals surface area (Å²) in [4.78, 5) is 1.30. The summed E-state index contributed by atoms with van der Waals surface area (Å²) in [6.07, 6.45) is 10.8. The Hall–Kier alpha value is -0.0500. The van der Waals surface area contributed by atoms with Crippen LogP contribution in [0.15, 0.2) is 11.4 Å². The van der Waals surface area contributed by atoms with Crippen LogP contribution in [0.25, 0.3) is 0 Å². The SMILES string of the molecule is CCCCCCCCCC(NC)c1sccc1Cl. The first-order valence-electron chi connectivity index (χ1n) is 7.19. The number of hydrogen-bond acceptors (Lipinski definition) is 2. The molecular weight excluding hydrogens is 262 g/mol. The number of halogens is 1. The fourth-order valence-electron chi connectivity index (χ4n) is 2.27. The molecule has 0 amide bonds. The molecule has 0 spiro atoms. The van der Waals surface area contributed by atoms with E-state index in [0.717, 1.165) is 5.02 Å². The number of rotatable bonds is 10. The fraction of sp³-hybridized carbons (Fsp3) is 0.733. The molecule has 1 heterocycles. The van der Waals surface area contributed by atoms with Crippen LogP contribution in [0.1, 0.15) is 69.2 Å². The molecule has 1 N–H and O–H groups in total. The summed E-state index contributed by atoms with van der Waals surface area (Å²) in [5.74, 6) is 0. The van der Waals surface area contributed by atoms with Gasteiger partial charge in [0.05, 0.1) is 5.02 Å². The van der Waals surface area contributed by atoms with Crippen LogP contribution >= 0.6 is 22.9 Å². The lowest BCUT2D eigenvalue weighted by Gasteiger charge is -2.15. The molecule has 0 aliphatic rings. The highest BCUT2D eigenvalue weighted by atomic mass is 35.5. The average molecular weight is 288 g/mol. The van der Waals surface area contributed by atoms with E-state index in [1.165, 1.54) is 56.2 Å². The molecule has 0 fully saturated rings. The monoisotopic (exact) mass is 287 g/mol. The molecule has 0 bridgehead atoms. The molecule has 1 rings (SSSR count). The van der Waals surface area contributed by atoms with E-state index >= 15 is 0 Å². The number of hydrogen-bond donors (Lipinski definition) is 1. The van der Waals surface area contributed by atoms with Gasteiger partial charge in [-0.15, -0.1) is 11.3 Å². The van der Waals surface area contributed by atoms with E-state index in [1.807, 2.05) is 13.1 Å². The van der Waals surface area contributed by atoms with Crippen LogP contribution in [-0.4, -0.2) is 7.05 Å². The van der Waals surface area contributed by atoms with Gasteiger partial charge in [-0.05, 0) is 24.9 Å². The standard InChI is InChI=1S/C15H26ClNS/c1-3-4-5-6-7-8-9-10-14(17-2)15-13(16)11-12-18-15/h11-12,14,17H,3-10H2,1-2H3. The molecule has 0 saturated carbocycles. The maximum atomic E-state index is 6.18. The van der Waals surface area contributed by atoms with Crippen molar-refractivity contribution in [1.82, 2.24) is 5.32 Å². The maximum absolute atomic E-state index is 6.18. The molecule has 1 unspecified atom stereocenters. The van der Waals surface area contributed by atoms with Gasteiger partial charge in [-0.2, -0.15) is 0 Å². The van der Waals surface area contributed by atoms with Gasteiger partial charge in [0.2, 0.25) is 0 Å². The van der Waals surface area contributed by atoms with E-state index in [0.29, 0.717) is 6.04 Å². The molecular formula is C15H26ClNS. The van der Waals surface area contributed by atoms with Crippen molar-refractivity contribution in [3.05, 3.63) is 21.3 Å². The van der Waals surface area contributed by atoms with Crippen molar-refractivity contribution in [2.45, 2.75) is 64.3 Å². The first-order chi connectivity index (χ1) is 8.79. The van der Waals surface area contributed by atoms with E-state index in [1.54, 1.807) is 11.3 Å². The summed E-state index contributed by atoms with van der Waals surface area (Å²) in [5.41, 5.74) is 0. The van der Waals surface area contributed by atoms with Crippen LogP contribution in [0.2, 0.25) is 5.02 Å². The zero-order chi connectivity index (χ0) is 13.2. The van der Waals surface area contributed by atoms with E-state index in [2.05, 4.69) is 17.6 Å². The molecule has 0 aromatic carbocycles. The van der Waals surface area contributed by atoms with Gasteiger partial charge in [-0.25, -0.2) is 0 Å². The normalized spacial score (nSPS) is 12.8. The van der Waals surface area contributed by atoms with Gasteiger partial charge in [0.15, 0.2) is 0 Å².